The lowest BCUT2D eigenvalue weighted by Crippen LogP contribution is -2.30. The first-order valence-electron chi connectivity index (χ1n) is 10.1. The maximum atomic E-state index is 13.4. The van der Waals surface area contributed by atoms with Gasteiger partial charge in [0.2, 0.25) is 5.78 Å². The van der Waals surface area contributed by atoms with E-state index in [0.717, 1.165) is 4.70 Å². The van der Waals surface area contributed by atoms with Crippen LogP contribution in [0.5, 0.6) is 17.2 Å². The van der Waals surface area contributed by atoms with Crippen LogP contribution >= 0.6 is 22.7 Å². The van der Waals surface area contributed by atoms with Crippen molar-refractivity contribution in [3.05, 3.63) is 75.7 Å². The zero-order chi connectivity index (χ0) is 24.0. The predicted molar refractivity (Wildman–Crippen MR) is 129 cm³/mol. The first-order chi connectivity index (χ1) is 16.4. The number of thiazole rings is 1. The Balaban J connectivity index is 1.69. The molecule has 2 N–H and O–H groups in total. The molecular weight excluding hydrogens is 476 g/mol. The number of rotatable bonds is 6. The van der Waals surface area contributed by atoms with Crippen molar-refractivity contribution in [2.45, 2.75) is 6.04 Å². The van der Waals surface area contributed by atoms with Crippen molar-refractivity contribution < 1.29 is 29.3 Å². The van der Waals surface area contributed by atoms with Crippen LogP contribution < -0.4 is 14.4 Å². The van der Waals surface area contributed by atoms with Crippen LogP contribution in [0, 0.1) is 0 Å². The fourth-order valence-electron chi connectivity index (χ4n) is 3.88. The first kappa shape index (κ1) is 21.9. The summed E-state index contributed by atoms with van der Waals surface area (Å²) in [5.41, 5.74) is 1.06. The van der Waals surface area contributed by atoms with Gasteiger partial charge < -0.3 is 19.7 Å². The van der Waals surface area contributed by atoms with Gasteiger partial charge in [-0.05, 0) is 47.3 Å². The lowest BCUT2D eigenvalue weighted by Gasteiger charge is -2.24. The van der Waals surface area contributed by atoms with Crippen LogP contribution in [0.1, 0.15) is 21.3 Å². The Morgan fingerprint density at radius 1 is 1.09 bits per heavy atom. The number of ketones is 1. The molecule has 1 aliphatic rings. The Kier molecular flexibility index (Phi) is 5.46. The van der Waals surface area contributed by atoms with Gasteiger partial charge in [0.05, 0.1) is 40.9 Å². The predicted octanol–water partition coefficient (Wildman–Crippen LogP) is 4.86. The molecule has 1 amide bonds. The van der Waals surface area contributed by atoms with E-state index in [9.17, 15) is 19.8 Å². The number of methoxy groups -OCH3 is 2. The van der Waals surface area contributed by atoms with Gasteiger partial charge in [-0.1, -0.05) is 23.5 Å². The second kappa shape index (κ2) is 8.47. The molecule has 2 aromatic heterocycles. The van der Waals surface area contributed by atoms with E-state index in [4.69, 9.17) is 9.47 Å². The molecule has 1 aliphatic heterocycles. The number of ether oxygens (including phenoxy) is 2. The van der Waals surface area contributed by atoms with E-state index in [-0.39, 0.29) is 17.1 Å². The third-order valence-corrected chi connectivity index (χ3v) is 7.39. The summed E-state index contributed by atoms with van der Waals surface area (Å²) in [5, 5.41) is 23.0. The van der Waals surface area contributed by atoms with Gasteiger partial charge in [-0.3, -0.25) is 14.5 Å². The van der Waals surface area contributed by atoms with E-state index in [1.807, 2.05) is 0 Å². The Bertz CT molecular complexity index is 1460. The smallest absolute Gasteiger partial charge is 0.296 e. The highest BCUT2D eigenvalue weighted by atomic mass is 32.1. The molecule has 0 saturated heterocycles. The number of fused-ring (bicyclic) bond motifs is 1. The quantitative estimate of drug-likeness (QED) is 0.368. The number of aromatic nitrogens is 1. The zero-order valence-electron chi connectivity index (χ0n) is 18.0. The number of benzene rings is 2. The maximum absolute atomic E-state index is 13.4. The number of phenolic OH excluding ortho intramolecular Hbond substituents is 1. The molecule has 0 saturated carbocycles. The number of phenols is 1. The lowest BCUT2D eigenvalue weighted by molar-refractivity contribution is -0.117. The highest BCUT2D eigenvalue weighted by molar-refractivity contribution is 7.22. The van der Waals surface area contributed by atoms with Crippen molar-refractivity contribution in [3.8, 4) is 17.2 Å². The molecule has 1 unspecified atom stereocenters. The molecule has 34 heavy (non-hydrogen) atoms. The number of aliphatic hydroxyl groups is 1. The van der Waals surface area contributed by atoms with Gasteiger partial charge in [-0.15, -0.1) is 11.3 Å². The standard InChI is InChI=1S/C24H18N2O6S2/c1-31-13-6-7-14-18(11-13)34-24(25-14)26-20(12-5-8-15(27)16(10-12)32-2)19(22(29)23(26)30)21(28)17-4-3-9-33-17/h3-11,20,27,29H,1-2H3. The number of carbonyl (C=O) groups excluding carboxylic acids is 2. The summed E-state index contributed by atoms with van der Waals surface area (Å²) in [7, 11) is 2.97. The molecule has 2 aromatic carbocycles. The average Bonchev–Trinajstić information content (AvgIpc) is 3.57. The minimum absolute atomic E-state index is 0.0583. The van der Waals surface area contributed by atoms with Crippen LogP contribution in [0.25, 0.3) is 10.2 Å². The fourth-order valence-corrected chi connectivity index (χ4v) is 5.58. The molecule has 10 heteroatoms. The molecule has 172 valence electrons. The van der Waals surface area contributed by atoms with Gasteiger partial charge in [0.1, 0.15) is 5.75 Å². The summed E-state index contributed by atoms with van der Waals surface area (Å²) >= 11 is 2.46. The van der Waals surface area contributed by atoms with Gasteiger partial charge in [-0.2, -0.15) is 0 Å². The highest BCUT2D eigenvalue weighted by Crippen LogP contribution is 2.46. The number of hydrogen-bond acceptors (Lipinski definition) is 9. The molecule has 0 fully saturated rings. The Morgan fingerprint density at radius 2 is 1.91 bits per heavy atom. The Hall–Kier alpha value is -3.89. The normalized spacial score (nSPS) is 15.9. The van der Waals surface area contributed by atoms with Gasteiger partial charge in [0.15, 0.2) is 22.4 Å². The van der Waals surface area contributed by atoms with Crippen molar-refractivity contribution in [1.29, 1.82) is 0 Å². The van der Waals surface area contributed by atoms with Gasteiger partial charge in [-0.25, -0.2) is 4.98 Å². The number of amides is 1. The largest absolute Gasteiger partial charge is 0.504 e. The summed E-state index contributed by atoms with van der Waals surface area (Å²) < 4.78 is 11.3. The van der Waals surface area contributed by atoms with E-state index in [0.29, 0.717) is 26.8 Å². The van der Waals surface area contributed by atoms with Gasteiger partial charge >= 0.3 is 0 Å². The van der Waals surface area contributed by atoms with E-state index in [1.165, 1.54) is 46.8 Å². The molecular formula is C24H18N2O6S2. The number of carbonyl (C=O) groups is 2. The number of anilines is 1. The van der Waals surface area contributed by atoms with Crippen molar-refractivity contribution in [3.63, 3.8) is 0 Å². The molecule has 0 spiro atoms. The SMILES string of the molecule is COc1ccc2nc(N3C(=O)C(O)=C(C(=O)c4cccs4)C3c3ccc(O)c(OC)c3)sc2c1. The number of nitrogens with zero attached hydrogens (tertiary/aromatic N) is 2. The minimum Gasteiger partial charge on any atom is -0.504 e. The average molecular weight is 495 g/mol. The molecule has 5 rings (SSSR count). The van der Waals surface area contributed by atoms with Crippen LogP contribution in [0.2, 0.25) is 0 Å². The Morgan fingerprint density at radius 3 is 2.62 bits per heavy atom. The number of aromatic hydroxyl groups is 1. The first-order valence-corrected chi connectivity index (χ1v) is 11.8. The van der Waals surface area contributed by atoms with E-state index in [1.54, 1.807) is 48.9 Å². The van der Waals surface area contributed by atoms with E-state index in [2.05, 4.69) is 4.98 Å². The van der Waals surface area contributed by atoms with Gasteiger partial charge in [0, 0.05) is 0 Å². The number of aliphatic hydroxyl groups excluding tert-OH is 1. The Labute approximate surface area is 201 Å². The summed E-state index contributed by atoms with van der Waals surface area (Å²) in [4.78, 5) is 33.0. The van der Waals surface area contributed by atoms with Crippen LogP contribution in [0.3, 0.4) is 0 Å². The molecule has 0 bridgehead atoms. The lowest BCUT2D eigenvalue weighted by atomic mass is 9.95. The molecule has 4 aromatic rings. The van der Waals surface area contributed by atoms with E-state index < -0.39 is 23.5 Å². The van der Waals surface area contributed by atoms with Crippen molar-refractivity contribution in [2.24, 2.45) is 0 Å². The number of Topliss-reactive ketones (excluding diaryl/α,β-unsaturated/α-hetero) is 1. The minimum atomic E-state index is -0.973. The molecule has 0 aliphatic carbocycles. The zero-order valence-corrected chi connectivity index (χ0v) is 19.6. The third kappa shape index (κ3) is 3.47. The molecule has 1 atom stereocenters. The summed E-state index contributed by atoms with van der Waals surface area (Å²) in [5.74, 6) is -1.09. The second-order valence-corrected chi connectivity index (χ2v) is 9.36. The van der Waals surface area contributed by atoms with Crippen LogP contribution in [-0.2, 0) is 4.79 Å². The third-order valence-electron chi connectivity index (χ3n) is 5.51. The fraction of sp³-hybridized carbons (Fsp3) is 0.125. The van der Waals surface area contributed by atoms with E-state index >= 15 is 0 Å². The molecule has 8 nitrogen and oxygen atoms in total. The van der Waals surface area contributed by atoms with Crippen LogP contribution in [0.4, 0.5) is 5.13 Å². The van der Waals surface area contributed by atoms with Crippen molar-refractivity contribution in [1.82, 2.24) is 4.98 Å². The van der Waals surface area contributed by atoms with Gasteiger partial charge in [0.25, 0.3) is 5.91 Å². The molecule has 0 radical (unpaired) electrons. The monoisotopic (exact) mass is 494 g/mol. The number of thiophene rings is 1. The summed E-state index contributed by atoms with van der Waals surface area (Å²) in [6.07, 6.45) is 0. The highest BCUT2D eigenvalue weighted by Gasteiger charge is 2.46. The summed E-state index contributed by atoms with van der Waals surface area (Å²) in [6, 6.07) is 12.3. The second-order valence-electron chi connectivity index (χ2n) is 7.41. The molecule has 3 heterocycles. The number of hydrogen-bond donors (Lipinski definition) is 2. The van der Waals surface area contributed by atoms with Crippen LogP contribution in [-0.4, -0.2) is 41.1 Å². The van der Waals surface area contributed by atoms with Crippen LogP contribution in [0.15, 0.2) is 65.2 Å². The van der Waals surface area contributed by atoms with Crippen molar-refractivity contribution >= 4 is 49.7 Å². The topological polar surface area (TPSA) is 109 Å². The maximum Gasteiger partial charge on any atom is 0.296 e. The summed E-state index contributed by atoms with van der Waals surface area (Å²) in [6.45, 7) is 0. The van der Waals surface area contributed by atoms with Crippen molar-refractivity contribution in [2.75, 3.05) is 19.1 Å².